The predicted molar refractivity (Wildman–Crippen MR) is 325 cm³/mol. The van der Waals surface area contributed by atoms with Gasteiger partial charge < -0.3 is 205 Å². The quantitative estimate of drug-likeness (QED) is 0.0363. The molecule has 1 unspecified atom stereocenters. The molecular weight excluding hydrogens is 1440 g/mol. The molecule has 0 aliphatic carbocycles. The second-order valence-electron chi connectivity index (χ2n) is 26.7. The van der Waals surface area contributed by atoms with Gasteiger partial charge in [-0.25, -0.2) is 4.79 Å². The summed E-state index contributed by atoms with van der Waals surface area (Å²) in [4.78, 5) is 65.0. The van der Waals surface area contributed by atoms with E-state index < -0.39 is 327 Å². The van der Waals surface area contributed by atoms with E-state index in [0.717, 1.165) is 27.7 Å². The molecule has 0 aromatic rings. The summed E-state index contributed by atoms with van der Waals surface area (Å²) in [6, 6.07) is -7.64. The molecule has 8 rings (SSSR count). The van der Waals surface area contributed by atoms with Crippen LogP contribution in [0.4, 0.5) is 0 Å². The van der Waals surface area contributed by atoms with Crippen molar-refractivity contribution < 1.29 is 207 Å². The van der Waals surface area contributed by atoms with Crippen molar-refractivity contribution >= 4 is 29.6 Å². The Hall–Kier alpha value is -4.09. The molecule has 0 saturated carbocycles. The third kappa shape index (κ3) is 19.1. The van der Waals surface area contributed by atoms with Gasteiger partial charge >= 0.3 is 5.97 Å². The lowest BCUT2D eigenvalue weighted by Gasteiger charge is -2.52. The topological polar surface area (TPSA) is 717 Å². The fourth-order valence-electron chi connectivity index (χ4n) is 13.6. The highest BCUT2D eigenvalue weighted by Gasteiger charge is 2.62. The molecule has 26 N–H and O–H groups in total. The first-order chi connectivity index (χ1) is 49.4. The molecule has 8 aliphatic heterocycles. The summed E-state index contributed by atoms with van der Waals surface area (Å²) in [6.45, 7) is -0.741. The van der Waals surface area contributed by atoms with E-state index in [0.29, 0.717) is 0 Å². The maximum absolute atomic E-state index is 13.5. The minimum Gasteiger partial charge on any atom is -0.477 e. The van der Waals surface area contributed by atoms with Crippen LogP contribution in [-0.2, 0) is 95.0 Å². The number of carbonyl (C=O) groups is 5. The summed E-state index contributed by atoms with van der Waals surface area (Å²) in [5, 5.41) is 252. The van der Waals surface area contributed by atoms with Crippen molar-refractivity contribution in [2.24, 2.45) is 0 Å². The smallest absolute Gasteiger partial charge is 0.364 e. The maximum atomic E-state index is 13.5. The van der Waals surface area contributed by atoms with Crippen LogP contribution in [0.25, 0.3) is 0 Å². The third-order valence-electron chi connectivity index (χ3n) is 19.2. The molecule has 8 saturated heterocycles. The number of rotatable bonds is 27. The second-order valence-corrected chi connectivity index (χ2v) is 26.7. The fourth-order valence-corrected chi connectivity index (χ4v) is 13.6. The first-order valence-electron chi connectivity index (χ1n) is 33.5. The Labute approximate surface area is 595 Å². The number of ether oxygens (including phenoxy) is 15. The number of hydrogen-bond donors (Lipinski definition) is 26. The minimum absolute atomic E-state index is 0.834. The maximum Gasteiger partial charge on any atom is 0.364 e. The molecule has 46 heteroatoms. The fraction of sp³-hybridized carbons (Fsp3) is 0.915. The van der Waals surface area contributed by atoms with Crippen LogP contribution in [0.2, 0.25) is 0 Å². The van der Waals surface area contributed by atoms with Gasteiger partial charge in [-0.2, -0.15) is 0 Å². The molecular formula is C59H98N4O42. The summed E-state index contributed by atoms with van der Waals surface area (Å²) in [7, 11) is 0. The van der Waals surface area contributed by atoms with Crippen LogP contribution in [0.5, 0.6) is 0 Å². The van der Waals surface area contributed by atoms with Gasteiger partial charge in [0.15, 0.2) is 44.0 Å². The number of aliphatic carboxylic acids is 1. The van der Waals surface area contributed by atoms with Gasteiger partial charge in [0.05, 0.1) is 64.0 Å². The Balaban J connectivity index is 1.15. The SMILES string of the molecule is CC(=O)N[C@H]1[C@H](O[C@H]2[C@@H](O)[C@@H](CO)O[C@@H](O[C@H]3[C@H](O[C@@H]4O[C@@H](C)[C@@H](O)[C@@H](O)[C@@H]4O)[C@@H](NC(C)=O)[C@H](O[C@H]4[C@@H](O)[C@@H](CO[C@]5(C(=O)O)C[C@H](O)[C@@H](NC(C)=O)[C@H]([C@H](O)[C@H](O)CO)O5)OC(O)[C@@H]4NC(C)=O)O[C@@H]3CO)[C@@H]2O)O[C@H](CO)[C@@H](O[C@@H]2O[C@@H](C)[C@@H](O)[C@@H](O)[C@@H]2O)[C@@H]1O[C@@H]1O[C@H](CO)[C@H](O)[C@H](O)[C@H]1O. The Bertz CT molecular complexity index is 2830. The lowest BCUT2D eigenvalue weighted by molar-refractivity contribution is -0.396. The number of carbonyl (C=O) groups excluding carboxylic acids is 4. The Morgan fingerprint density at radius 2 is 0.762 bits per heavy atom. The number of carboxylic acid groups (broad SMARTS) is 1. The van der Waals surface area contributed by atoms with Crippen molar-refractivity contribution in [3.8, 4) is 0 Å². The summed E-state index contributed by atoms with van der Waals surface area (Å²) < 4.78 is 89.9. The minimum atomic E-state index is -3.09. The number of amides is 4. The van der Waals surface area contributed by atoms with Gasteiger partial charge in [-0.05, 0) is 13.8 Å². The Morgan fingerprint density at radius 1 is 0.400 bits per heavy atom. The first kappa shape index (κ1) is 86.5. The molecule has 46 nitrogen and oxygen atoms in total. The predicted octanol–water partition coefficient (Wildman–Crippen LogP) is -16.6. The van der Waals surface area contributed by atoms with Crippen LogP contribution >= 0.6 is 0 Å². The first-order valence-corrected chi connectivity index (χ1v) is 33.5. The molecule has 0 aromatic carbocycles. The summed E-state index contributed by atoms with van der Waals surface area (Å²) >= 11 is 0. The van der Waals surface area contributed by atoms with Crippen LogP contribution in [0.1, 0.15) is 48.0 Å². The highest BCUT2D eigenvalue weighted by molar-refractivity contribution is 5.77. The van der Waals surface area contributed by atoms with Gasteiger partial charge in [0.25, 0.3) is 5.79 Å². The molecule has 8 aliphatic rings. The average Bonchev–Trinajstić information content (AvgIpc) is 0.767. The van der Waals surface area contributed by atoms with Crippen LogP contribution in [0.15, 0.2) is 0 Å². The number of aliphatic hydroxyl groups is 21. The molecule has 0 bridgehead atoms. The van der Waals surface area contributed by atoms with Crippen molar-refractivity contribution in [1.82, 2.24) is 21.3 Å². The number of aliphatic hydroxyl groups excluding tert-OH is 21. The van der Waals surface area contributed by atoms with Crippen LogP contribution in [-0.4, -0.2) is 433 Å². The zero-order valence-electron chi connectivity index (χ0n) is 57.0. The monoisotopic (exact) mass is 1530 g/mol. The van der Waals surface area contributed by atoms with E-state index in [1.807, 2.05) is 0 Å². The molecule has 0 radical (unpaired) electrons. The largest absolute Gasteiger partial charge is 0.477 e. The van der Waals surface area contributed by atoms with Crippen molar-refractivity contribution in [1.29, 1.82) is 0 Å². The molecule has 4 amide bonds. The van der Waals surface area contributed by atoms with E-state index in [4.69, 9.17) is 71.1 Å². The van der Waals surface area contributed by atoms with Crippen molar-refractivity contribution in [2.45, 2.75) is 299 Å². The van der Waals surface area contributed by atoms with Crippen LogP contribution in [0, 0.1) is 0 Å². The molecule has 8 fully saturated rings. The van der Waals surface area contributed by atoms with Crippen LogP contribution < -0.4 is 21.3 Å². The van der Waals surface area contributed by atoms with Gasteiger partial charge in [0.1, 0.15) is 177 Å². The summed E-state index contributed by atoms with van der Waals surface area (Å²) in [5.74, 6) is -8.90. The second kappa shape index (κ2) is 36.8. The van der Waals surface area contributed by atoms with Gasteiger partial charge in [-0.15, -0.1) is 0 Å². The Kier molecular flexibility index (Phi) is 30.3. The average molecular weight is 1540 g/mol. The zero-order chi connectivity index (χ0) is 77.9. The Morgan fingerprint density at radius 3 is 1.19 bits per heavy atom. The standard InChI is InChI=1S/C59H98N4O42/c1-14-31(75)37(81)40(84)54(92-14)99-44-24(11-67)98-53(30(63-19(6)72)49(44)103-56-42(86)39(83)34(78)22(9-65)95-56)104-50-35(79)23(10-66)96-57(43(50)87)100-45-25(12-68)97-52(29(62-18(5)71)48(45)102-55-41(85)38(82)32(76)15(2)93-55)101-46-28(61-17(4)70)51(88)94-26(36(46)80)13-91-59(58(89)90)7-20(73)27(60-16(3)69)47(105-59)33(77)21(74)8-64/h14-15,20-57,64-68,73-88H,7-13H2,1-6H3,(H,60,69)(H,61,70)(H,62,71)(H,63,72)(H,89,90)/t14-,15-,20-,21+,22+,23+,24+,25+,26+,27+,28+,29+,30+,31+,32+,33+,34-,35-,36-,37+,38+,39-,40-,41-,42+,43+,44+,45+,46+,47+,48+,49+,50-,51?,52-,53-,54-,55-,56-,57-,59+/m0/s1. The summed E-state index contributed by atoms with van der Waals surface area (Å²) in [6.07, 6.45) is -75.1. The van der Waals surface area contributed by atoms with Crippen molar-refractivity contribution in [3.63, 3.8) is 0 Å². The molecule has 606 valence electrons. The van der Waals surface area contributed by atoms with Gasteiger partial charge in [0.2, 0.25) is 23.6 Å². The van der Waals surface area contributed by atoms with Gasteiger partial charge in [-0.3, -0.25) is 19.2 Å². The lowest BCUT2D eigenvalue weighted by Crippen LogP contribution is -2.72. The van der Waals surface area contributed by atoms with E-state index in [9.17, 15) is 136 Å². The van der Waals surface area contributed by atoms with Gasteiger partial charge in [-0.1, -0.05) is 0 Å². The molecule has 41 atom stereocenters. The van der Waals surface area contributed by atoms with E-state index in [-0.39, 0.29) is 0 Å². The third-order valence-corrected chi connectivity index (χ3v) is 19.2. The normalized spacial score (nSPS) is 47.5. The zero-order valence-corrected chi connectivity index (χ0v) is 57.0. The van der Waals surface area contributed by atoms with Crippen molar-refractivity contribution in [2.75, 3.05) is 39.6 Å². The highest BCUT2D eigenvalue weighted by atomic mass is 16.8. The molecule has 105 heavy (non-hydrogen) atoms. The van der Waals surface area contributed by atoms with E-state index in [1.165, 1.54) is 13.8 Å². The lowest BCUT2D eigenvalue weighted by atomic mass is 9.88. The van der Waals surface area contributed by atoms with E-state index >= 15 is 0 Å². The van der Waals surface area contributed by atoms with E-state index in [2.05, 4.69) is 21.3 Å². The van der Waals surface area contributed by atoms with E-state index in [1.54, 1.807) is 0 Å². The van der Waals surface area contributed by atoms with Crippen molar-refractivity contribution in [3.05, 3.63) is 0 Å². The van der Waals surface area contributed by atoms with Gasteiger partial charge in [0, 0.05) is 34.1 Å². The number of carboxylic acids is 1. The molecule has 0 aromatic heterocycles. The molecule has 8 heterocycles. The summed E-state index contributed by atoms with van der Waals surface area (Å²) in [5.41, 5.74) is 0. The molecule has 0 spiro atoms. The highest BCUT2D eigenvalue weighted by Crippen LogP contribution is 2.41. The van der Waals surface area contributed by atoms with Crippen LogP contribution in [0.3, 0.4) is 0 Å². The number of nitrogens with one attached hydrogen (secondary N) is 4. The number of hydrogen-bond acceptors (Lipinski definition) is 41.